The number of nitrogens with zero attached hydrogens (tertiary/aromatic N) is 5. The predicted octanol–water partition coefficient (Wildman–Crippen LogP) is 2.37. The largest absolute Gasteiger partial charge is 0.321 e. The molecule has 0 unspecified atom stereocenters. The van der Waals surface area contributed by atoms with Crippen molar-refractivity contribution in [2.24, 2.45) is 0 Å². The molecule has 0 bridgehead atoms. The molecule has 8 heteroatoms. The van der Waals surface area contributed by atoms with Gasteiger partial charge in [-0.15, -0.1) is 0 Å². The minimum Gasteiger partial charge on any atom is -0.321 e. The van der Waals surface area contributed by atoms with Crippen LogP contribution in [0.1, 0.15) is 5.56 Å². The molecule has 3 aromatic rings. The van der Waals surface area contributed by atoms with Gasteiger partial charge >= 0.3 is 0 Å². The first-order valence-electron chi connectivity index (χ1n) is 6.50. The SMILES string of the molecule is O=[N+]([O-])c1ccc(Cn2cc(Nc3ncccn3)cn2)cc1. The summed E-state index contributed by atoms with van der Waals surface area (Å²) in [6.07, 6.45) is 6.78. The van der Waals surface area contributed by atoms with Crippen LogP contribution in [0, 0.1) is 10.1 Å². The fourth-order valence-electron chi connectivity index (χ4n) is 1.92. The van der Waals surface area contributed by atoms with E-state index >= 15 is 0 Å². The Morgan fingerprint density at radius 1 is 1.18 bits per heavy atom. The van der Waals surface area contributed by atoms with Crippen LogP contribution >= 0.6 is 0 Å². The lowest BCUT2D eigenvalue weighted by Gasteiger charge is -2.02. The summed E-state index contributed by atoms with van der Waals surface area (Å²) in [5.41, 5.74) is 1.78. The van der Waals surface area contributed by atoms with Gasteiger partial charge < -0.3 is 5.32 Å². The molecule has 2 heterocycles. The van der Waals surface area contributed by atoms with Gasteiger partial charge in [-0.2, -0.15) is 5.10 Å². The van der Waals surface area contributed by atoms with Crippen LogP contribution in [-0.4, -0.2) is 24.7 Å². The molecule has 22 heavy (non-hydrogen) atoms. The molecular formula is C14H12N6O2. The maximum atomic E-state index is 10.6. The molecule has 0 amide bonds. The fourth-order valence-corrected chi connectivity index (χ4v) is 1.92. The van der Waals surface area contributed by atoms with Gasteiger partial charge in [-0.3, -0.25) is 14.8 Å². The quantitative estimate of drug-likeness (QED) is 0.573. The van der Waals surface area contributed by atoms with Gasteiger partial charge in [-0.1, -0.05) is 12.1 Å². The molecular weight excluding hydrogens is 284 g/mol. The summed E-state index contributed by atoms with van der Waals surface area (Å²) in [6, 6.07) is 8.13. The van der Waals surface area contributed by atoms with Crippen LogP contribution in [-0.2, 0) is 6.54 Å². The van der Waals surface area contributed by atoms with E-state index in [4.69, 9.17) is 0 Å². The van der Waals surface area contributed by atoms with Gasteiger partial charge in [-0.25, -0.2) is 9.97 Å². The summed E-state index contributed by atoms with van der Waals surface area (Å²) in [5.74, 6) is 0.498. The second-order valence-electron chi connectivity index (χ2n) is 4.55. The van der Waals surface area contributed by atoms with Crippen LogP contribution in [0.15, 0.2) is 55.1 Å². The molecule has 1 aromatic carbocycles. The Balaban J connectivity index is 1.67. The minimum absolute atomic E-state index is 0.0767. The Morgan fingerprint density at radius 3 is 2.59 bits per heavy atom. The maximum absolute atomic E-state index is 10.6. The summed E-state index contributed by atoms with van der Waals surface area (Å²) in [6.45, 7) is 0.523. The molecule has 110 valence electrons. The molecule has 8 nitrogen and oxygen atoms in total. The van der Waals surface area contributed by atoms with Crippen LogP contribution in [0.5, 0.6) is 0 Å². The molecule has 0 radical (unpaired) electrons. The van der Waals surface area contributed by atoms with Crippen molar-refractivity contribution in [3.05, 3.63) is 70.8 Å². The highest BCUT2D eigenvalue weighted by Crippen LogP contribution is 2.14. The normalized spacial score (nSPS) is 10.4. The highest BCUT2D eigenvalue weighted by atomic mass is 16.6. The Bertz CT molecular complexity index is 770. The highest BCUT2D eigenvalue weighted by molar-refractivity contribution is 5.49. The molecule has 2 aromatic heterocycles. The third kappa shape index (κ3) is 3.23. The van der Waals surface area contributed by atoms with Gasteiger partial charge in [0.05, 0.1) is 23.4 Å². The van der Waals surface area contributed by atoms with E-state index in [9.17, 15) is 10.1 Å². The number of rotatable bonds is 5. The van der Waals surface area contributed by atoms with Crippen LogP contribution in [0.3, 0.4) is 0 Å². The average molecular weight is 296 g/mol. The van der Waals surface area contributed by atoms with Crippen LogP contribution in [0.4, 0.5) is 17.3 Å². The standard InChI is InChI=1S/C14H12N6O2/c21-20(22)13-4-2-11(3-5-13)9-19-10-12(8-17-19)18-14-15-6-1-7-16-14/h1-8,10H,9H2,(H,15,16,18). The van der Waals surface area contributed by atoms with E-state index in [0.29, 0.717) is 12.5 Å². The topological polar surface area (TPSA) is 98.8 Å². The van der Waals surface area contributed by atoms with Gasteiger partial charge in [0, 0.05) is 30.7 Å². The maximum Gasteiger partial charge on any atom is 0.269 e. The monoisotopic (exact) mass is 296 g/mol. The third-order valence-corrected chi connectivity index (χ3v) is 2.95. The summed E-state index contributed by atoms with van der Waals surface area (Å²) >= 11 is 0. The Morgan fingerprint density at radius 2 is 1.91 bits per heavy atom. The van der Waals surface area contributed by atoms with E-state index in [1.807, 2.05) is 6.20 Å². The van der Waals surface area contributed by atoms with Gasteiger partial charge in [0.2, 0.25) is 5.95 Å². The first-order valence-corrected chi connectivity index (χ1v) is 6.50. The van der Waals surface area contributed by atoms with Crippen molar-refractivity contribution < 1.29 is 4.92 Å². The summed E-state index contributed by atoms with van der Waals surface area (Å²) in [5, 5.41) is 17.9. The van der Waals surface area contributed by atoms with E-state index in [-0.39, 0.29) is 5.69 Å². The average Bonchev–Trinajstić information content (AvgIpc) is 2.96. The molecule has 0 aliphatic heterocycles. The van der Waals surface area contributed by atoms with Gasteiger partial charge in [0.25, 0.3) is 5.69 Å². The Kier molecular flexibility index (Phi) is 3.73. The minimum atomic E-state index is -0.417. The fraction of sp³-hybridized carbons (Fsp3) is 0.0714. The molecule has 0 aliphatic rings. The molecule has 0 fully saturated rings. The van der Waals surface area contributed by atoms with Gasteiger partial charge in [0.1, 0.15) is 0 Å². The molecule has 0 aliphatic carbocycles. The summed E-state index contributed by atoms with van der Waals surface area (Å²) in [7, 11) is 0. The molecule has 0 atom stereocenters. The van der Waals surface area contributed by atoms with Crippen molar-refractivity contribution in [2.45, 2.75) is 6.54 Å². The van der Waals surface area contributed by atoms with E-state index in [1.54, 1.807) is 41.5 Å². The zero-order chi connectivity index (χ0) is 15.4. The summed E-state index contributed by atoms with van der Waals surface area (Å²) < 4.78 is 1.73. The number of nitro groups is 1. The number of hydrogen-bond donors (Lipinski definition) is 1. The Hall–Kier alpha value is -3.29. The molecule has 0 spiro atoms. The first kappa shape index (κ1) is 13.7. The number of non-ortho nitro benzene ring substituents is 1. The molecule has 0 saturated heterocycles. The van der Waals surface area contributed by atoms with Crippen molar-refractivity contribution in [3.63, 3.8) is 0 Å². The van der Waals surface area contributed by atoms with E-state index in [0.717, 1.165) is 11.3 Å². The highest BCUT2D eigenvalue weighted by Gasteiger charge is 2.05. The lowest BCUT2D eigenvalue weighted by molar-refractivity contribution is -0.384. The smallest absolute Gasteiger partial charge is 0.269 e. The van der Waals surface area contributed by atoms with E-state index in [1.165, 1.54) is 12.1 Å². The Labute approximate surface area is 125 Å². The number of hydrogen-bond acceptors (Lipinski definition) is 6. The van der Waals surface area contributed by atoms with Gasteiger partial charge in [0.15, 0.2) is 0 Å². The van der Waals surface area contributed by atoms with Crippen molar-refractivity contribution in [2.75, 3.05) is 5.32 Å². The van der Waals surface area contributed by atoms with Crippen LogP contribution in [0.2, 0.25) is 0 Å². The van der Waals surface area contributed by atoms with E-state index in [2.05, 4.69) is 20.4 Å². The number of benzene rings is 1. The number of anilines is 2. The molecule has 0 saturated carbocycles. The number of nitrogens with one attached hydrogen (secondary N) is 1. The third-order valence-electron chi connectivity index (χ3n) is 2.95. The van der Waals surface area contributed by atoms with E-state index < -0.39 is 4.92 Å². The second kappa shape index (κ2) is 6.00. The van der Waals surface area contributed by atoms with Crippen LogP contribution in [0.25, 0.3) is 0 Å². The zero-order valence-corrected chi connectivity index (χ0v) is 11.5. The number of nitro benzene ring substituents is 1. The lowest BCUT2D eigenvalue weighted by atomic mass is 10.2. The van der Waals surface area contributed by atoms with Crippen LogP contribution < -0.4 is 5.32 Å². The van der Waals surface area contributed by atoms with Crippen molar-refractivity contribution >= 4 is 17.3 Å². The predicted molar refractivity (Wildman–Crippen MR) is 79.7 cm³/mol. The molecule has 3 rings (SSSR count). The second-order valence-corrected chi connectivity index (χ2v) is 4.55. The van der Waals surface area contributed by atoms with Crippen molar-refractivity contribution in [3.8, 4) is 0 Å². The van der Waals surface area contributed by atoms with Crippen molar-refractivity contribution in [1.29, 1.82) is 0 Å². The van der Waals surface area contributed by atoms with Crippen molar-refractivity contribution in [1.82, 2.24) is 19.7 Å². The number of aromatic nitrogens is 4. The zero-order valence-electron chi connectivity index (χ0n) is 11.5. The van der Waals surface area contributed by atoms with Gasteiger partial charge in [-0.05, 0) is 11.6 Å². The lowest BCUT2D eigenvalue weighted by Crippen LogP contribution is -2.00. The molecule has 1 N–H and O–H groups in total. The first-order chi connectivity index (χ1) is 10.7. The summed E-state index contributed by atoms with van der Waals surface area (Å²) in [4.78, 5) is 18.3.